The Kier molecular flexibility index (Phi) is 8.83. The first-order valence-electron chi connectivity index (χ1n) is 9.56. The number of anilines is 1. The van der Waals surface area contributed by atoms with Gasteiger partial charge in [0.15, 0.2) is 0 Å². The van der Waals surface area contributed by atoms with Gasteiger partial charge in [-0.25, -0.2) is 0 Å². The third-order valence-electron chi connectivity index (χ3n) is 5.11. The monoisotopic (exact) mass is 435 g/mol. The number of nitrogens with one attached hydrogen (secondary N) is 2. The second-order valence-corrected chi connectivity index (χ2v) is 7.50. The Morgan fingerprint density at radius 3 is 2.62 bits per heavy atom. The van der Waals surface area contributed by atoms with Crippen molar-refractivity contribution in [3.63, 3.8) is 0 Å². The number of ether oxygens (including phenoxy) is 1. The Balaban J connectivity index is 0.00000300. The summed E-state index contributed by atoms with van der Waals surface area (Å²) in [7, 11) is 1.52. The summed E-state index contributed by atoms with van der Waals surface area (Å²) >= 11 is 6.07. The number of rotatable bonds is 6. The van der Waals surface area contributed by atoms with Crippen LogP contribution in [0.25, 0.3) is 6.08 Å². The number of nitrogens with two attached hydrogens (primary N) is 1. The van der Waals surface area contributed by atoms with Crippen molar-refractivity contribution in [1.29, 1.82) is 0 Å². The zero-order valence-electron chi connectivity index (χ0n) is 16.5. The average molecular weight is 436 g/mol. The second-order valence-electron chi connectivity index (χ2n) is 7.09. The fourth-order valence-electron chi connectivity index (χ4n) is 3.48. The molecule has 2 aromatic carbocycles. The second kappa shape index (κ2) is 11.1. The Bertz CT molecular complexity index is 835. The SMILES string of the molecule is COc1cc(N)c(Cl)cc1C(=O)NC1CC[NH+](C/C=C/c2ccccc2)CC1.[Cl-]. The molecular formula is C22H27Cl2N3O2. The molecule has 0 unspecified atom stereocenters. The number of benzene rings is 2. The van der Waals surface area contributed by atoms with Gasteiger partial charge in [-0.15, -0.1) is 0 Å². The van der Waals surface area contributed by atoms with Crippen molar-refractivity contribution in [3.8, 4) is 5.75 Å². The van der Waals surface area contributed by atoms with Crippen LogP contribution in [0.15, 0.2) is 48.5 Å². The molecule has 5 nitrogen and oxygen atoms in total. The molecule has 1 saturated heterocycles. The molecule has 1 fully saturated rings. The molecule has 0 aromatic heterocycles. The molecule has 7 heteroatoms. The van der Waals surface area contributed by atoms with E-state index in [1.54, 1.807) is 12.1 Å². The highest BCUT2D eigenvalue weighted by atomic mass is 35.5. The number of nitrogen functional groups attached to an aromatic ring is 1. The summed E-state index contributed by atoms with van der Waals surface area (Å²) in [5.74, 6) is 0.268. The number of hydrogen-bond acceptors (Lipinski definition) is 3. The lowest BCUT2D eigenvalue weighted by Gasteiger charge is -2.29. The zero-order valence-corrected chi connectivity index (χ0v) is 18.0. The van der Waals surface area contributed by atoms with E-state index in [1.807, 2.05) is 18.2 Å². The van der Waals surface area contributed by atoms with Crippen molar-refractivity contribution in [1.82, 2.24) is 5.32 Å². The highest BCUT2D eigenvalue weighted by Crippen LogP contribution is 2.28. The molecule has 0 spiro atoms. The number of amides is 1. The fourth-order valence-corrected chi connectivity index (χ4v) is 3.64. The van der Waals surface area contributed by atoms with Crippen LogP contribution in [0.3, 0.4) is 0 Å². The van der Waals surface area contributed by atoms with Gasteiger partial charge in [-0.2, -0.15) is 0 Å². The molecule has 0 radical (unpaired) electrons. The molecule has 0 aliphatic carbocycles. The minimum absolute atomic E-state index is 0. The van der Waals surface area contributed by atoms with Crippen molar-refractivity contribution < 1.29 is 26.8 Å². The topological polar surface area (TPSA) is 68.8 Å². The molecule has 3 rings (SSSR count). The van der Waals surface area contributed by atoms with Gasteiger partial charge in [-0.1, -0.05) is 48.0 Å². The number of carbonyl (C=O) groups excluding carboxylic acids is 1. The molecule has 0 atom stereocenters. The summed E-state index contributed by atoms with van der Waals surface area (Å²) < 4.78 is 5.28. The van der Waals surface area contributed by atoms with Crippen molar-refractivity contribution in [2.24, 2.45) is 0 Å². The van der Waals surface area contributed by atoms with Gasteiger partial charge >= 0.3 is 0 Å². The van der Waals surface area contributed by atoms with Crippen LogP contribution in [-0.4, -0.2) is 38.7 Å². The van der Waals surface area contributed by atoms with E-state index in [0.29, 0.717) is 22.0 Å². The first-order valence-corrected chi connectivity index (χ1v) is 9.93. The van der Waals surface area contributed by atoms with E-state index in [-0.39, 0.29) is 24.4 Å². The average Bonchev–Trinajstić information content (AvgIpc) is 2.71. The highest BCUT2D eigenvalue weighted by molar-refractivity contribution is 6.33. The summed E-state index contributed by atoms with van der Waals surface area (Å²) in [4.78, 5) is 14.2. The Morgan fingerprint density at radius 1 is 1.28 bits per heavy atom. The van der Waals surface area contributed by atoms with Gasteiger partial charge in [0, 0.05) is 24.9 Å². The third-order valence-corrected chi connectivity index (χ3v) is 5.44. The predicted molar refractivity (Wildman–Crippen MR) is 114 cm³/mol. The number of likely N-dealkylation sites (tertiary alicyclic amines) is 1. The first kappa shape index (κ1) is 23.1. The van der Waals surface area contributed by atoms with Crippen molar-refractivity contribution >= 4 is 29.3 Å². The Labute approximate surface area is 183 Å². The molecule has 0 bridgehead atoms. The molecule has 1 amide bonds. The van der Waals surface area contributed by atoms with Crippen LogP contribution in [0.4, 0.5) is 5.69 Å². The quantitative estimate of drug-likeness (QED) is 0.532. The summed E-state index contributed by atoms with van der Waals surface area (Å²) in [6.07, 6.45) is 6.29. The maximum absolute atomic E-state index is 12.7. The third kappa shape index (κ3) is 6.39. The summed E-state index contributed by atoms with van der Waals surface area (Å²) in [6, 6.07) is 13.6. The lowest BCUT2D eigenvalue weighted by atomic mass is 10.0. The number of quaternary nitrogens is 1. The van der Waals surface area contributed by atoms with Gasteiger partial charge in [0.05, 0.1) is 43.0 Å². The maximum Gasteiger partial charge on any atom is 0.255 e. The van der Waals surface area contributed by atoms with E-state index in [0.717, 1.165) is 32.5 Å². The minimum Gasteiger partial charge on any atom is -1.00 e. The van der Waals surface area contributed by atoms with Crippen LogP contribution in [0.2, 0.25) is 5.02 Å². The van der Waals surface area contributed by atoms with Crippen LogP contribution in [0.1, 0.15) is 28.8 Å². The van der Waals surface area contributed by atoms with Gasteiger partial charge in [0.2, 0.25) is 0 Å². The van der Waals surface area contributed by atoms with Crippen LogP contribution in [0, 0.1) is 0 Å². The smallest absolute Gasteiger partial charge is 0.255 e. The molecule has 1 heterocycles. The number of methoxy groups -OCH3 is 1. The Hall–Kier alpha value is -2.21. The fraction of sp³-hybridized carbons (Fsp3) is 0.318. The standard InChI is InChI=1S/C22H26ClN3O2.ClH/c1-28-21-15-20(24)19(23)14-18(21)22(27)25-17-9-12-26(13-10-17)11-5-8-16-6-3-2-4-7-16;/h2-8,14-15,17H,9-13,24H2,1H3,(H,25,27);1H/b8-5+;. The van der Waals surface area contributed by atoms with Crippen molar-refractivity contribution in [2.45, 2.75) is 18.9 Å². The van der Waals surface area contributed by atoms with Gasteiger partial charge in [-0.3, -0.25) is 4.79 Å². The van der Waals surface area contributed by atoms with Gasteiger partial charge in [-0.05, 0) is 17.7 Å². The first-order chi connectivity index (χ1) is 13.6. The molecule has 4 N–H and O–H groups in total. The van der Waals surface area contributed by atoms with E-state index in [9.17, 15) is 4.79 Å². The zero-order chi connectivity index (χ0) is 19.9. The molecule has 156 valence electrons. The summed E-state index contributed by atoms with van der Waals surface area (Å²) in [5.41, 5.74) is 7.83. The lowest BCUT2D eigenvalue weighted by molar-refractivity contribution is -0.899. The summed E-state index contributed by atoms with van der Waals surface area (Å²) in [6.45, 7) is 3.06. The van der Waals surface area contributed by atoms with Crippen molar-refractivity contribution in [3.05, 3.63) is 64.7 Å². The van der Waals surface area contributed by atoms with E-state index in [4.69, 9.17) is 22.1 Å². The number of hydrogen-bond donors (Lipinski definition) is 3. The molecule has 1 aliphatic rings. The number of piperidine rings is 1. The van der Waals surface area contributed by atoms with E-state index in [1.165, 1.54) is 17.6 Å². The van der Waals surface area contributed by atoms with E-state index >= 15 is 0 Å². The van der Waals surface area contributed by atoms with Gasteiger partial charge in [0.1, 0.15) is 5.75 Å². The molecule has 1 aliphatic heterocycles. The highest BCUT2D eigenvalue weighted by Gasteiger charge is 2.24. The van der Waals surface area contributed by atoms with Crippen LogP contribution in [-0.2, 0) is 0 Å². The molecule has 2 aromatic rings. The molecule has 0 saturated carbocycles. The predicted octanol–water partition coefficient (Wildman–Crippen LogP) is -0.575. The van der Waals surface area contributed by atoms with Crippen LogP contribution < -0.4 is 33.1 Å². The van der Waals surface area contributed by atoms with Crippen LogP contribution >= 0.6 is 11.6 Å². The number of halogens is 2. The Morgan fingerprint density at radius 2 is 1.97 bits per heavy atom. The minimum atomic E-state index is -0.170. The lowest BCUT2D eigenvalue weighted by Crippen LogP contribution is -3.13. The van der Waals surface area contributed by atoms with E-state index in [2.05, 4.69) is 29.6 Å². The summed E-state index contributed by atoms with van der Waals surface area (Å²) in [5, 5.41) is 3.47. The molecular weight excluding hydrogens is 409 g/mol. The largest absolute Gasteiger partial charge is 1.00 e. The van der Waals surface area contributed by atoms with Gasteiger partial charge in [0.25, 0.3) is 5.91 Å². The van der Waals surface area contributed by atoms with Crippen LogP contribution in [0.5, 0.6) is 5.75 Å². The molecule has 29 heavy (non-hydrogen) atoms. The van der Waals surface area contributed by atoms with Crippen molar-refractivity contribution in [2.75, 3.05) is 32.5 Å². The normalized spacial score (nSPS) is 18.8. The van der Waals surface area contributed by atoms with Gasteiger partial charge < -0.3 is 33.1 Å². The maximum atomic E-state index is 12.7. The van der Waals surface area contributed by atoms with E-state index < -0.39 is 0 Å². The number of carbonyl (C=O) groups is 1.